The van der Waals surface area contributed by atoms with Gasteiger partial charge in [0, 0.05) is 10.5 Å². The van der Waals surface area contributed by atoms with Crippen LogP contribution in [-0.2, 0) is 10.0 Å². The van der Waals surface area contributed by atoms with Crippen LogP contribution in [0.15, 0.2) is 20.1 Å². The van der Waals surface area contributed by atoms with Gasteiger partial charge in [-0.15, -0.1) is 11.3 Å². The van der Waals surface area contributed by atoms with Crippen molar-refractivity contribution in [3.05, 3.63) is 15.9 Å². The fourth-order valence-corrected chi connectivity index (χ4v) is 5.53. The van der Waals surface area contributed by atoms with E-state index in [1.54, 1.807) is 11.4 Å². The molecular weight excluding hydrogens is 322 g/mol. The molecule has 0 fully saturated rings. The van der Waals surface area contributed by atoms with Gasteiger partial charge in [-0.25, -0.2) is 13.1 Å². The lowest BCUT2D eigenvalue weighted by Gasteiger charge is -2.22. The lowest BCUT2D eigenvalue weighted by atomic mass is 9.96. The standard InChI is InChI=1S/C11H18BrNO2S2/c1-4-9(5-2)8(3)13-17(14,15)11-10(12)6-7-16-11/h6-9,13H,4-5H2,1-3H3. The molecule has 0 saturated carbocycles. The molecule has 1 atom stereocenters. The van der Waals surface area contributed by atoms with E-state index < -0.39 is 10.0 Å². The van der Waals surface area contributed by atoms with Crippen molar-refractivity contribution in [2.45, 2.75) is 43.9 Å². The normalized spacial score (nSPS) is 14.2. The molecule has 1 unspecified atom stereocenters. The van der Waals surface area contributed by atoms with Crippen LogP contribution in [0.3, 0.4) is 0 Å². The summed E-state index contributed by atoms with van der Waals surface area (Å²) in [4.78, 5) is 0. The van der Waals surface area contributed by atoms with Crippen molar-refractivity contribution >= 4 is 37.3 Å². The van der Waals surface area contributed by atoms with E-state index in [2.05, 4.69) is 34.5 Å². The van der Waals surface area contributed by atoms with Crippen LogP contribution < -0.4 is 4.72 Å². The molecule has 3 nitrogen and oxygen atoms in total. The second kappa shape index (κ2) is 6.31. The molecule has 0 aliphatic heterocycles. The van der Waals surface area contributed by atoms with Gasteiger partial charge in [0.05, 0.1) is 0 Å². The summed E-state index contributed by atoms with van der Waals surface area (Å²) in [6, 6.07) is 1.71. The first-order valence-electron chi connectivity index (χ1n) is 5.67. The van der Waals surface area contributed by atoms with E-state index in [9.17, 15) is 8.42 Å². The molecule has 6 heteroatoms. The molecule has 0 saturated heterocycles. The first kappa shape index (κ1) is 15.1. The average molecular weight is 340 g/mol. The zero-order chi connectivity index (χ0) is 13.1. The SMILES string of the molecule is CCC(CC)C(C)NS(=O)(=O)c1sccc1Br. The minimum absolute atomic E-state index is 0.0380. The van der Waals surface area contributed by atoms with Gasteiger partial charge in [0.15, 0.2) is 0 Å². The number of sulfonamides is 1. The van der Waals surface area contributed by atoms with Crippen molar-refractivity contribution < 1.29 is 8.42 Å². The van der Waals surface area contributed by atoms with E-state index in [4.69, 9.17) is 0 Å². The van der Waals surface area contributed by atoms with Crippen LogP contribution in [-0.4, -0.2) is 14.5 Å². The van der Waals surface area contributed by atoms with Gasteiger partial charge < -0.3 is 0 Å². The van der Waals surface area contributed by atoms with E-state index in [1.165, 1.54) is 11.3 Å². The molecule has 98 valence electrons. The van der Waals surface area contributed by atoms with Gasteiger partial charge in [-0.1, -0.05) is 26.7 Å². The van der Waals surface area contributed by atoms with E-state index in [0.717, 1.165) is 12.8 Å². The van der Waals surface area contributed by atoms with Gasteiger partial charge in [0.2, 0.25) is 0 Å². The number of hydrogen-bond donors (Lipinski definition) is 1. The maximum absolute atomic E-state index is 12.1. The Morgan fingerprint density at radius 1 is 1.41 bits per heavy atom. The monoisotopic (exact) mass is 339 g/mol. The predicted octanol–water partition coefficient (Wildman–Crippen LogP) is 3.61. The molecule has 0 radical (unpaired) electrons. The molecule has 1 aromatic rings. The molecule has 1 rings (SSSR count). The van der Waals surface area contributed by atoms with Crippen LogP contribution in [0.25, 0.3) is 0 Å². The van der Waals surface area contributed by atoms with Crippen LogP contribution >= 0.6 is 27.3 Å². The lowest BCUT2D eigenvalue weighted by molar-refractivity contribution is 0.391. The summed E-state index contributed by atoms with van der Waals surface area (Å²) in [5.74, 6) is 0.378. The van der Waals surface area contributed by atoms with Gasteiger partial charge in [-0.05, 0) is 40.2 Å². The van der Waals surface area contributed by atoms with E-state index in [1.807, 2.05) is 6.92 Å². The zero-order valence-electron chi connectivity index (χ0n) is 10.2. The van der Waals surface area contributed by atoms with Crippen LogP contribution in [0.1, 0.15) is 33.6 Å². The van der Waals surface area contributed by atoms with Crippen molar-refractivity contribution in [1.82, 2.24) is 4.72 Å². The van der Waals surface area contributed by atoms with Gasteiger partial charge in [-0.3, -0.25) is 0 Å². The van der Waals surface area contributed by atoms with Crippen LogP contribution in [0.2, 0.25) is 0 Å². The van der Waals surface area contributed by atoms with Crippen molar-refractivity contribution in [3.8, 4) is 0 Å². The van der Waals surface area contributed by atoms with Crippen LogP contribution in [0.4, 0.5) is 0 Å². The maximum atomic E-state index is 12.1. The highest BCUT2D eigenvalue weighted by atomic mass is 79.9. The van der Waals surface area contributed by atoms with Crippen LogP contribution in [0.5, 0.6) is 0 Å². The molecule has 0 bridgehead atoms. The quantitative estimate of drug-likeness (QED) is 0.860. The maximum Gasteiger partial charge on any atom is 0.251 e. The largest absolute Gasteiger partial charge is 0.251 e. The van der Waals surface area contributed by atoms with Gasteiger partial charge in [-0.2, -0.15) is 0 Å². The Balaban J connectivity index is 2.84. The van der Waals surface area contributed by atoms with Gasteiger partial charge in [0.25, 0.3) is 10.0 Å². The highest BCUT2D eigenvalue weighted by Gasteiger charge is 2.24. The second-order valence-corrected chi connectivity index (χ2v) is 7.72. The minimum Gasteiger partial charge on any atom is -0.207 e. The van der Waals surface area contributed by atoms with E-state index in [0.29, 0.717) is 14.6 Å². The number of nitrogens with one attached hydrogen (secondary N) is 1. The summed E-state index contributed by atoms with van der Waals surface area (Å²) >= 11 is 4.48. The molecular formula is C11H18BrNO2S2. The van der Waals surface area contributed by atoms with Crippen molar-refractivity contribution in [2.24, 2.45) is 5.92 Å². The Labute approximate surface area is 116 Å². The van der Waals surface area contributed by atoms with Crippen molar-refractivity contribution in [2.75, 3.05) is 0 Å². The molecule has 17 heavy (non-hydrogen) atoms. The third-order valence-corrected chi connectivity index (χ3v) is 7.15. The number of halogens is 1. The molecule has 0 aliphatic carbocycles. The Morgan fingerprint density at radius 2 is 2.00 bits per heavy atom. The molecule has 1 N–H and O–H groups in total. The Hall–Kier alpha value is 0.0900. The number of thiophene rings is 1. The zero-order valence-corrected chi connectivity index (χ0v) is 13.5. The predicted molar refractivity (Wildman–Crippen MR) is 75.9 cm³/mol. The average Bonchev–Trinajstić information content (AvgIpc) is 2.66. The molecule has 0 aromatic carbocycles. The van der Waals surface area contributed by atoms with E-state index in [-0.39, 0.29) is 6.04 Å². The van der Waals surface area contributed by atoms with Gasteiger partial charge in [0.1, 0.15) is 4.21 Å². The number of hydrogen-bond acceptors (Lipinski definition) is 3. The molecule has 1 heterocycles. The summed E-state index contributed by atoms with van der Waals surface area (Å²) in [7, 11) is -3.39. The van der Waals surface area contributed by atoms with Crippen molar-refractivity contribution in [1.29, 1.82) is 0 Å². The molecule has 0 aliphatic rings. The lowest BCUT2D eigenvalue weighted by Crippen LogP contribution is -2.37. The second-order valence-electron chi connectivity index (χ2n) is 4.04. The van der Waals surface area contributed by atoms with Crippen molar-refractivity contribution in [3.63, 3.8) is 0 Å². The summed E-state index contributed by atoms with van der Waals surface area (Å²) in [6.07, 6.45) is 1.96. The highest BCUT2D eigenvalue weighted by Crippen LogP contribution is 2.28. The Morgan fingerprint density at radius 3 is 2.41 bits per heavy atom. The van der Waals surface area contributed by atoms with Crippen LogP contribution in [0, 0.1) is 5.92 Å². The smallest absolute Gasteiger partial charge is 0.207 e. The third kappa shape index (κ3) is 3.77. The Bertz CT molecular complexity index is 452. The number of rotatable bonds is 6. The molecule has 0 amide bonds. The topological polar surface area (TPSA) is 46.2 Å². The summed E-state index contributed by atoms with van der Waals surface area (Å²) in [5, 5.41) is 1.76. The highest BCUT2D eigenvalue weighted by molar-refractivity contribution is 9.10. The summed E-state index contributed by atoms with van der Waals surface area (Å²) in [5.41, 5.74) is 0. The Kier molecular flexibility index (Phi) is 5.63. The first-order chi connectivity index (χ1) is 7.92. The minimum atomic E-state index is -3.39. The molecule has 1 aromatic heterocycles. The molecule has 0 spiro atoms. The first-order valence-corrected chi connectivity index (χ1v) is 8.83. The fraction of sp³-hybridized carbons (Fsp3) is 0.636. The van der Waals surface area contributed by atoms with E-state index >= 15 is 0 Å². The summed E-state index contributed by atoms with van der Waals surface area (Å²) in [6.45, 7) is 6.09. The summed E-state index contributed by atoms with van der Waals surface area (Å²) < 4.78 is 28.0. The third-order valence-electron chi connectivity index (χ3n) is 2.93. The fourth-order valence-electron chi connectivity index (χ4n) is 1.86. The van der Waals surface area contributed by atoms with Gasteiger partial charge >= 0.3 is 0 Å².